The molecule has 3 saturated heterocycles. The van der Waals surface area contributed by atoms with Gasteiger partial charge < -0.3 is 15.1 Å². The second kappa shape index (κ2) is 11.8. The Morgan fingerprint density at radius 3 is 2.38 bits per heavy atom. The molecule has 2 aromatic rings. The first-order valence-corrected chi connectivity index (χ1v) is 14.4. The van der Waals surface area contributed by atoms with E-state index in [1.54, 1.807) is 0 Å². The number of rotatable bonds is 5. The smallest absolute Gasteiger partial charge is 0.254 e. The van der Waals surface area contributed by atoms with Crippen LogP contribution in [0.5, 0.6) is 0 Å². The monoisotopic (exact) mass is 504 g/mol. The van der Waals surface area contributed by atoms with Crippen LogP contribution >= 0.6 is 0 Å². The van der Waals surface area contributed by atoms with Crippen molar-refractivity contribution in [2.45, 2.75) is 84.2 Å². The Bertz CT molecular complexity index is 1060. The lowest BCUT2D eigenvalue weighted by molar-refractivity contribution is 0.0525. The lowest BCUT2D eigenvalue weighted by Crippen LogP contribution is -2.54. The van der Waals surface area contributed by atoms with Gasteiger partial charge in [0.1, 0.15) is 5.82 Å². The van der Waals surface area contributed by atoms with Gasteiger partial charge in [0.15, 0.2) is 0 Å². The van der Waals surface area contributed by atoms with Crippen LogP contribution in [0.25, 0.3) is 0 Å². The summed E-state index contributed by atoms with van der Waals surface area (Å²) in [7, 11) is 0. The van der Waals surface area contributed by atoms with Crippen LogP contribution in [0.2, 0.25) is 0 Å². The number of amides is 1. The van der Waals surface area contributed by atoms with Gasteiger partial charge in [-0.1, -0.05) is 30.5 Å². The van der Waals surface area contributed by atoms with Gasteiger partial charge in [0.05, 0.1) is 0 Å². The summed E-state index contributed by atoms with van der Waals surface area (Å²) in [6, 6.07) is 7.06. The Labute approximate surface area is 222 Å². The molecule has 2 atom stereocenters. The van der Waals surface area contributed by atoms with Gasteiger partial charge in [-0.3, -0.25) is 9.69 Å². The molecule has 1 amide bonds. The lowest BCUT2D eigenvalue weighted by Gasteiger charge is -2.43. The van der Waals surface area contributed by atoms with Crippen LogP contribution in [0.4, 0.5) is 11.8 Å². The Kier molecular flexibility index (Phi) is 8.28. The molecule has 1 N–H and O–H groups in total. The highest BCUT2D eigenvalue weighted by Gasteiger charge is 2.32. The zero-order chi connectivity index (χ0) is 25.8. The van der Waals surface area contributed by atoms with E-state index < -0.39 is 0 Å². The Balaban J connectivity index is 1.21. The fourth-order valence-electron chi connectivity index (χ4n) is 6.65. The highest BCUT2D eigenvalue weighted by molar-refractivity contribution is 5.97. The van der Waals surface area contributed by atoms with E-state index in [-0.39, 0.29) is 5.91 Å². The number of nitrogens with one attached hydrogen (secondary N) is 1. The average molecular weight is 505 g/mol. The number of likely N-dealkylation sites (tertiary alicyclic amines) is 2. The van der Waals surface area contributed by atoms with Gasteiger partial charge in [-0.25, -0.2) is 4.98 Å². The van der Waals surface area contributed by atoms with Crippen molar-refractivity contribution in [2.75, 3.05) is 49.5 Å². The molecular formula is C30H44N6O. The molecule has 2 unspecified atom stereocenters. The quantitative estimate of drug-likeness (QED) is 0.621. The topological polar surface area (TPSA) is 64.6 Å². The van der Waals surface area contributed by atoms with Crippen LogP contribution in [-0.2, 0) is 0 Å². The maximum absolute atomic E-state index is 13.5. The second-order valence-corrected chi connectivity index (χ2v) is 11.4. The number of aromatic nitrogens is 2. The Morgan fingerprint density at radius 1 is 0.892 bits per heavy atom. The van der Waals surface area contributed by atoms with Crippen LogP contribution in [-0.4, -0.2) is 77.0 Å². The predicted octanol–water partition coefficient (Wildman–Crippen LogP) is 4.96. The van der Waals surface area contributed by atoms with Crippen molar-refractivity contribution in [1.29, 1.82) is 0 Å². The molecule has 0 spiro atoms. The molecule has 0 bridgehead atoms. The lowest BCUT2D eigenvalue weighted by atomic mass is 9.95. The molecule has 7 heteroatoms. The second-order valence-electron chi connectivity index (χ2n) is 11.4. The van der Waals surface area contributed by atoms with Gasteiger partial charge in [0, 0.05) is 56.6 Å². The van der Waals surface area contributed by atoms with Crippen LogP contribution < -0.4 is 10.2 Å². The number of hydrogen-bond acceptors (Lipinski definition) is 6. The van der Waals surface area contributed by atoms with Gasteiger partial charge >= 0.3 is 0 Å². The maximum Gasteiger partial charge on any atom is 0.254 e. The summed E-state index contributed by atoms with van der Waals surface area (Å²) in [4.78, 5) is 30.1. The van der Waals surface area contributed by atoms with Crippen LogP contribution in [0.3, 0.4) is 0 Å². The summed E-state index contributed by atoms with van der Waals surface area (Å²) in [5.74, 6) is 2.00. The summed E-state index contributed by atoms with van der Waals surface area (Å²) >= 11 is 0. The largest absolute Gasteiger partial charge is 0.356 e. The van der Waals surface area contributed by atoms with Gasteiger partial charge in [-0.15, -0.1) is 0 Å². The molecule has 7 nitrogen and oxygen atoms in total. The van der Waals surface area contributed by atoms with Gasteiger partial charge in [0.25, 0.3) is 5.91 Å². The molecule has 3 fully saturated rings. The van der Waals surface area contributed by atoms with E-state index in [4.69, 9.17) is 4.98 Å². The molecule has 1 aromatic heterocycles. The van der Waals surface area contributed by atoms with E-state index in [0.717, 1.165) is 93.4 Å². The summed E-state index contributed by atoms with van der Waals surface area (Å²) in [6.45, 7) is 12.2. The summed E-state index contributed by atoms with van der Waals surface area (Å²) in [6.07, 6.45) is 11.5. The van der Waals surface area contributed by atoms with E-state index in [1.807, 2.05) is 6.20 Å². The van der Waals surface area contributed by atoms with Crippen molar-refractivity contribution in [3.63, 3.8) is 0 Å². The standard InChI is InChI=1S/C30H44N6O/c1-22-18-23(2)28(24(3)19-22)29(37)36-17-9-11-26(21-36)35-16-8-10-25(20-35)32-30-31-13-12-27(33-30)34-14-6-4-5-7-15-34/h12-13,18-19,25-26H,4-11,14-17,20-21H2,1-3H3,(H,31,32,33). The summed E-state index contributed by atoms with van der Waals surface area (Å²) in [5.41, 5.74) is 4.30. The van der Waals surface area contributed by atoms with Crippen LogP contribution in [0.15, 0.2) is 24.4 Å². The van der Waals surface area contributed by atoms with Crippen molar-refractivity contribution in [1.82, 2.24) is 19.8 Å². The molecule has 3 aliphatic rings. The highest BCUT2D eigenvalue weighted by atomic mass is 16.2. The van der Waals surface area contributed by atoms with E-state index in [9.17, 15) is 4.79 Å². The fraction of sp³-hybridized carbons (Fsp3) is 0.633. The summed E-state index contributed by atoms with van der Waals surface area (Å²) in [5, 5.41) is 3.65. The third-order valence-corrected chi connectivity index (χ3v) is 8.45. The van der Waals surface area contributed by atoms with E-state index in [1.165, 1.54) is 31.2 Å². The van der Waals surface area contributed by atoms with Crippen molar-refractivity contribution < 1.29 is 4.79 Å². The minimum Gasteiger partial charge on any atom is -0.356 e. The minimum atomic E-state index is 0.199. The molecule has 200 valence electrons. The first-order chi connectivity index (χ1) is 18.0. The molecule has 3 aliphatic heterocycles. The molecule has 5 rings (SSSR count). The third kappa shape index (κ3) is 6.25. The molecule has 37 heavy (non-hydrogen) atoms. The first-order valence-electron chi connectivity index (χ1n) is 14.4. The van der Waals surface area contributed by atoms with E-state index >= 15 is 0 Å². The van der Waals surface area contributed by atoms with Crippen LogP contribution in [0, 0.1) is 20.8 Å². The molecule has 1 aromatic carbocycles. The zero-order valence-corrected chi connectivity index (χ0v) is 23.0. The highest BCUT2D eigenvalue weighted by Crippen LogP contribution is 2.25. The number of hydrogen-bond donors (Lipinski definition) is 1. The maximum atomic E-state index is 13.5. The van der Waals surface area contributed by atoms with Gasteiger partial charge in [-0.05, 0) is 83.0 Å². The number of benzene rings is 1. The first kappa shape index (κ1) is 26.0. The van der Waals surface area contributed by atoms with Crippen molar-refractivity contribution in [3.8, 4) is 0 Å². The number of piperidine rings is 2. The van der Waals surface area contributed by atoms with Gasteiger partial charge in [0.2, 0.25) is 5.95 Å². The summed E-state index contributed by atoms with van der Waals surface area (Å²) < 4.78 is 0. The van der Waals surface area contributed by atoms with Crippen LogP contribution in [0.1, 0.15) is 78.4 Å². The fourth-order valence-corrected chi connectivity index (χ4v) is 6.65. The zero-order valence-electron chi connectivity index (χ0n) is 23.0. The number of carbonyl (C=O) groups excluding carboxylic acids is 1. The number of aryl methyl sites for hydroxylation is 3. The van der Waals surface area contributed by atoms with Crippen molar-refractivity contribution in [2.24, 2.45) is 0 Å². The normalized spacial score (nSPS) is 23.5. The Hall–Kier alpha value is -2.67. The van der Waals surface area contributed by atoms with Crippen molar-refractivity contribution >= 4 is 17.7 Å². The number of nitrogens with zero attached hydrogens (tertiary/aromatic N) is 5. The van der Waals surface area contributed by atoms with E-state index in [0.29, 0.717) is 12.1 Å². The number of anilines is 2. The van der Waals surface area contributed by atoms with Crippen molar-refractivity contribution in [3.05, 3.63) is 46.6 Å². The van der Waals surface area contributed by atoms with E-state index in [2.05, 4.69) is 64.0 Å². The van der Waals surface area contributed by atoms with Gasteiger partial charge in [-0.2, -0.15) is 4.98 Å². The predicted molar refractivity (Wildman–Crippen MR) is 151 cm³/mol. The molecule has 0 saturated carbocycles. The number of carbonyl (C=O) groups is 1. The molecule has 4 heterocycles. The minimum absolute atomic E-state index is 0.199. The molecule has 0 radical (unpaired) electrons. The molecular weight excluding hydrogens is 460 g/mol. The molecule has 0 aliphatic carbocycles. The Morgan fingerprint density at radius 2 is 1.62 bits per heavy atom. The third-order valence-electron chi connectivity index (χ3n) is 8.45. The SMILES string of the molecule is Cc1cc(C)c(C(=O)N2CCCC(N3CCCC(Nc4nccc(N5CCCCCC5)n4)C3)C2)c(C)c1. The average Bonchev–Trinajstić information content (AvgIpc) is 3.18.